The lowest BCUT2D eigenvalue weighted by molar-refractivity contribution is -0.146. The number of rotatable bonds is 4. The summed E-state index contributed by atoms with van der Waals surface area (Å²) in [7, 11) is 0. The molecule has 0 spiro atoms. The molecule has 1 aliphatic rings. The predicted molar refractivity (Wildman–Crippen MR) is 72.7 cm³/mol. The van der Waals surface area contributed by atoms with Crippen molar-refractivity contribution in [3.8, 4) is 0 Å². The molecule has 0 saturated carbocycles. The molecule has 1 aliphatic heterocycles. The van der Waals surface area contributed by atoms with Gasteiger partial charge in [0.25, 0.3) is 0 Å². The molecule has 1 saturated heterocycles. The lowest BCUT2D eigenvalue weighted by atomic mass is 10.1. The average Bonchev–Trinajstić information content (AvgIpc) is 2.47. The summed E-state index contributed by atoms with van der Waals surface area (Å²) < 4.78 is 18.2. The molecule has 2 unspecified atom stereocenters. The molecule has 0 bridgehead atoms. The van der Waals surface area contributed by atoms with Gasteiger partial charge in [-0.1, -0.05) is 12.1 Å². The van der Waals surface area contributed by atoms with Crippen molar-refractivity contribution in [2.24, 2.45) is 0 Å². The minimum Gasteiger partial charge on any atom is -0.394 e. The third-order valence-electron chi connectivity index (χ3n) is 3.57. The fraction of sp³-hybridized carbons (Fsp3) is 0.533. The summed E-state index contributed by atoms with van der Waals surface area (Å²) in [6.07, 6.45) is 0.683. The maximum atomic E-state index is 12.8. The van der Waals surface area contributed by atoms with E-state index in [1.165, 1.54) is 12.1 Å². The van der Waals surface area contributed by atoms with Gasteiger partial charge in [-0.2, -0.15) is 0 Å². The second-order valence-electron chi connectivity index (χ2n) is 5.16. The van der Waals surface area contributed by atoms with Gasteiger partial charge in [-0.15, -0.1) is 0 Å². The zero-order chi connectivity index (χ0) is 14.5. The van der Waals surface area contributed by atoms with Gasteiger partial charge in [0.05, 0.1) is 25.4 Å². The molecule has 1 N–H and O–H groups in total. The number of benzene rings is 1. The van der Waals surface area contributed by atoms with E-state index in [-0.39, 0.29) is 30.5 Å². The molecular weight excluding hydrogens is 261 g/mol. The molecule has 1 amide bonds. The average molecular weight is 281 g/mol. The van der Waals surface area contributed by atoms with E-state index in [2.05, 4.69) is 0 Å². The summed E-state index contributed by atoms with van der Waals surface area (Å²) in [6.45, 7) is 2.74. The first-order chi connectivity index (χ1) is 9.60. The number of halogens is 1. The van der Waals surface area contributed by atoms with E-state index in [1.807, 2.05) is 6.92 Å². The fourth-order valence-corrected chi connectivity index (χ4v) is 2.32. The first kappa shape index (κ1) is 14.9. The molecule has 5 heteroatoms. The number of carbonyl (C=O) groups excluding carboxylic acids is 1. The van der Waals surface area contributed by atoms with Gasteiger partial charge in [0, 0.05) is 13.0 Å². The summed E-state index contributed by atoms with van der Waals surface area (Å²) in [6, 6.07) is 6.22. The molecule has 4 nitrogen and oxygen atoms in total. The quantitative estimate of drug-likeness (QED) is 0.907. The number of hydrogen-bond acceptors (Lipinski definition) is 3. The van der Waals surface area contributed by atoms with Gasteiger partial charge >= 0.3 is 0 Å². The van der Waals surface area contributed by atoms with Crippen molar-refractivity contribution in [2.75, 3.05) is 19.8 Å². The van der Waals surface area contributed by atoms with Crippen LogP contribution in [0.3, 0.4) is 0 Å². The Bertz CT molecular complexity index is 449. The standard InChI is InChI=1S/C15H20FNO3/c1-11-10-20-14(9-18)8-17(11)15(19)7-4-12-2-5-13(16)6-3-12/h2-3,5-6,11,14,18H,4,7-10H2,1H3. The smallest absolute Gasteiger partial charge is 0.223 e. The number of amides is 1. The molecular formula is C15H20FNO3. The highest BCUT2D eigenvalue weighted by Crippen LogP contribution is 2.14. The monoisotopic (exact) mass is 281 g/mol. The molecule has 1 aromatic carbocycles. The SMILES string of the molecule is CC1COC(CO)CN1C(=O)CCc1ccc(F)cc1. The van der Waals surface area contributed by atoms with E-state index >= 15 is 0 Å². The summed E-state index contributed by atoms with van der Waals surface area (Å²) in [5.74, 6) is -0.226. The Morgan fingerprint density at radius 2 is 2.15 bits per heavy atom. The van der Waals surface area contributed by atoms with E-state index < -0.39 is 0 Å². The molecule has 2 rings (SSSR count). The van der Waals surface area contributed by atoms with E-state index in [0.29, 0.717) is 26.0 Å². The molecule has 1 heterocycles. The largest absolute Gasteiger partial charge is 0.394 e. The van der Waals surface area contributed by atoms with E-state index in [9.17, 15) is 9.18 Å². The number of carbonyl (C=O) groups is 1. The summed E-state index contributed by atoms with van der Waals surface area (Å²) >= 11 is 0. The minimum absolute atomic E-state index is 0.0264. The van der Waals surface area contributed by atoms with Gasteiger partial charge in [-0.05, 0) is 31.0 Å². The summed E-state index contributed by atoms with van der Waals surface area (Å²) in [5, 5.41) is 9.11. The third kappa shape index (κ3) is 3.77. The van der Waals surface area contributed by atoms with Crippen molar-refractivity contribution in [1.82, 2.24) is 4.90 Å². The van der Waals surface area contributed by atoms with Crippen LogP contribution in [0.4, 0.5) is 4.39 Å². The highest BCUT2D eigenvalue weighted by Gasteiger charge is 2.28. The number of ether oxygens (including phenoxy) is 1. The third-order valence-corrected chi connectivity index (χ3v) is 3.57. The van der Waals surface area contributed by atoms with Crippen LogP contribution in [-0.4, -0.2) is 47.8 Å². The molecule has 2 atom stereocenters. The van der Waals surface area contributed by atoms with Crippen LogP contribution in [-0.2, 0) is 16.0 Å². The Morgan fingerprint density at radius 1 is 1.45 bits per heavy atom. The van der Waals surface area contributed by atoms with Crippen molar-refractivity contribution < 1.29 is 19.0 Å². The van der Waals surface area contributed by atoms with Crippen LogP contribution in [0.1, 0.15) is 18.9 Å². The van der Waals surface area contributed by atoms with Crippen LogP contribution >= 0.6 is 0 Å². The Labute approximate surface area is 118 Å². The maximum absolute atomic E-state index is 12.8. The summed E-state index contributed by atoms with van der Waals surface area (Å²) in [4.78, 5) is 14.0. The Hall–Kier alpha value is -1.46. The zero-order valence-electron chi connectivity index (χ0n) is 11.6. The van der Waals surface area contributed by atoms with Gasteiger partial charge in [-0.25, -0.2) is 4.39 Å². The van der Waals surface area contributed by atoms with Gasteiger partial charge in [0.1, 0.15) is 5.82 Å². The molecule has 0 radical (unpaired) electrons. The van der Waals surface area contributed by atoms with E-state index in [1.54, 1.807) is 17.0 Å². The van der Waals surface area contributed by atoms with Crippen LogP contribution in [0.2, 0.25) is 0 Å². The lowest BCUT2D eigenvalue weighted by Crippen LogP contribution is -2.52. The molecule has 20 heavy (non-hydrogen) atoms. The predicted octanol–water partition coefficient (Wildman–Crippen LogP) is 1.37. The van der Waals surface area contributed by atoms with Crippen molar-refractivity contribution in [2.45, 2.75) is 31.9 Å². The first-order valence-corrected chi connectivity index (χ1v) is 6.86. The highest BCUT2D eigenvalue weighted by atomic mass is 19.1. The number of aryl methyl sites for hydroxylation is 1. The highest BCUT2D eigenvalue weighted by molar-refractivity contribution is 5.77. The maximum Gasteiger partial charge on any atom is 0.223 e. The van der Waals surface area contributed by atoms with Crippen molar-refractivity contribution >= 4 is 5.91 Å². The van der Waals surface area contributed by atoms with Gasteiger partial charge in [0.2, 0.25) is 5.91 Å². The normalized spacial score (nSPS) is 22.9. The number of nitrogens with zero attached hydrogens (tertiary/aromatic N) is 1. The van der Waals surface area contributed by atoms with Crippen LogP contribution in [0.25, 0.3) is 0 Å². The van der Waals surface area contributed by atoms with E-state index in [0.717, 1.165) is 5.56 Å². The van der Waals surface area contributed by atoms with Crippen LogP contribution in [0, 0.1) is 5.82 Å². The number of aliphatic hydroxyl groups excluding tert-OH is 1. The number of aliphatic hydroxyl groups is 1. The second-order valence-corrected chi connectivity index (χ2v) is 5.16. The second kappa shape index (κ2) is 6.81. The van der Waals surface area contributed by atoms with Crippen molar-refractivity contribution in [3.05, 3.63) is 35.6 Å². The van der Waals surface area contributed by atoms with Gasteiger partial charge < -0.3 is 14.7 Å². The number of hydrogen-bond donors (Lipinski definition) is 1. The van der Waals surface area contributed by atoms with Crippen LogP contribution in [0.15, 0.2) is 24.3 Å². The van der Waals surface area contributed by atoms with Crippen LogP contribution < -0.4 is 0 Å². The lowest BCUT2D eigenvalue weighted by Gasteiger charge is -2.37. The molecule has 1 aromatic rings. The van der Waals surface area contributed by atoms with Crippen molar-refractivity contribution in [1.29, 1.82) is 0 Å². The molecule has 1 fully saturated rings. The van der Waals surface area contributed by atoms with Crippen molar-refractivity contribution in [3.63, 3.8) is 0 Å². The Balaban J connectivity index is 1.88. The Kier molecular flexibility index (Phi) is 5.09. The van der Waals surface area contributed by atoms with Gasteiger partial charge in [-0.3, -0.25) is 4.79 Å². The van der Waals surface area contributed by atoms with E-state index in [4.69, 9.17) is 9.84 Å². The minimum atomic E-state index is -0.291. The van der Waals surface area contributed by atoms with Gasteiger partial charge in [0.15, 0.2) is 0 Å². The number of morpholine rings is 1. The Morgan fingerprint density at radius 3 is 2.80 bits per heavy atom. The molecule has 0 aromatic heterocycles. The molecule has 0 aliphatic carbocycles. The summed E-state index contributed by atoms with van der Waals surface area (Å²) in [5.41, 5.74) is 0.944. The van der Waals surface area contributed by atoms with Crippen LogP contribution in [0.5, 0.6) is 0 Å². The molecule has 110 valence electrons. The first-order valence-electron chi connectivity index (χ1n) is 6.86. The fourth-order valence-electron chi connectivity index (χ4n) is 2.32. The topological polar surface area (TPSA) is 49.8 Å². The zero-order valence-corrected chi connectivity index (χ0v) is 11.6.